The first kappa shape index (κ1) is 23.2. The molecule has 172 valence electrons. The van der Waals surface area contributed by atoms with Crippen LogP contribution in [0, 0.1) is 17.2 Å². The minimum Gasteiger partial charge on any atom is -0.493 e. The molecule has 0 radical (unpaired) electrons. The van der Waals surface area contributed by atoms with Gasteiger partial charge in [-0.2, -0.15) is 5.26 Å². The molecule has 3 aromatic carbocycles. The van der Waals surface area contributed by atoms with Crippen molar-refractivity contribution in [1.82, 2.24) is 0 Å². The molecule has 1 heterocycles. The minimum absolute atomic E-state index is 0.0135. The number of carbonyl (C=O) groups excluding carboxylic acids is 1. The molecule has 34 heavy (non-hydrogen) atoms. The minimum atomic E-state index is -0.518. The highest BCUT2D eigenvalue weighted by Gasteiger charge is 2.32. The summed E-state index contributed by atoms with van der Waals surface area (Å²) < 4.78 is 16.9. The summed E-state index contributed by atoms with van der Waals surface area (Å²) in [6.07, 6.45) is 0. The lowest BCUT2D eigenvalue weighted by atomic mass is 9.83. The average molecular weight is 475 g/mol. The maximum absolute atomic E-state index is 12.7. The number of nitrogens with two attached hydrogens (primary N) is 1. The molecule has 0 spiro atoms. The molecule has 7 heteroatoms. The van der Waals surface area contributed by atoms with Crippen molar-refractivity contribution < 1.29 is 19.0 Å². The largest absolute Gasteiger partial charge is 0.493 e. The standard InChI is InChI=1S/C27H23ClN2O4/c1-16(2)15-32-18-9-7-17(8-10-18)27(31)33-19-11-12-21-24(13-19)34-26(30)22(14-29)25(21)20-5-3-4-6-23(20)28/h3-13,16,25H,15,30H2,1-2H3. The Morgan fingerprint density at radius 3 is 2.47 bits per heavy atom. The lowest BCUT2D eigenvalue weighted by Gasteiger charge is -2.27. The molecule has 0 amide bonds. The Bertz CT molecular complexity index is 1290. The van der Waals surface area contributed by atoms with Gasteiger partial charge in [-0.05, 0) is 47.9 Å². The highest BCUT2D eigenvalue weighted by molar-refractivity contribution is 6.31. The smallest absolute Gasteiger partial charge is 0.343 e. The van der Waals surface area contributed by atoms with E-state index in [0.29, 0.717) is 40.2 Å². The predicted molar refractivity (Wildman–Crippen MR) is 129 cm³/mol. The van der Waals surface area contributed by atoms with Crippen LogP contribution in [0.3, 0.4) is 0 Å². The van der Waals surface area contributed by atoms with E-state index in [1.807, 2.05) is 18.2 Å². The summed E-state index contributed by atoms with van der Waals surface area (Å²) in [4.78, 5) is 12.7. The van der Waals surface area contributed by atoms with Crippen molar-refractivity contribution in [2.75, 3.05) is 6.61 Å². The Morgan fingerprint density at radius 2 is 1.79 bits per heavy atom. The summed E-state index contributed by atoms with van der Waals surface area (Å²) in [6, 6.07) is 21.2. The van der Waals surface area contributed by atoms with E-state index in [0.717, 1.165) is 5.56 Å². The van der Waals surface area contributed by atoms with Gasteiger partial charge in [-0.1, -0.05) is 49.7 Å². The second-order valence-electron chi connectivity index (χ2n) is 8.26. The van der Waals surface area contributed by atoms with E-state index in [9.17, 15) is 10.1 Å². The lowest BCUT2D eigenvalue weighted by Crippen LogP contribution is -2.21. The van der Waals surface area contributed by atoms with E-state index in [4.69, 9.17) is 31.5 Å². The van der Waals surface area contributed by atoms with Crippen LogP contribution in [0.2, 0.25) is 5.02 Å². The highest BCUT2D eigenvalue weighted by atomic mass is 35.5. The van der Waals surface area contributed by atoms with Gasteiger partial charge in [-0.3, -0.25) is 0 Å². The van der Waals surface area contributed by atoms with Gasteiger partial charge in [0.25, 0.3) is 0 Å². The Kier molecular flexibility index (Phi) is 6.76. The van der Waals surface area contributed by atoms with Gasteiger partial charge >= 0.3 is 5.97 Å². The number of esters is 1. The van der Waals surface area contributed by atoms with Crippen LogP contribution in [0.25, 0.3) is 0 Å². The average Bonchev–Trinajstić information content (AvgIpc) is 2.82. The molecule has 0 aromatic heterocycles. The third-order valence-electron chi connectivity index (χ3n) is 5.29. The van der Waals surface area contributed by atoms with Crippen molar-refractivity contribution in [2.45, 2.75) is 19.8 Å². The van der Waals surface area contributed by atoms with Gasteiger partial charge in [-0.15, -0.1) is 0 Å². The van der Waals surface area contributed by atoms with Crippen molar-refractivity contribution >= 4 is 17.6 Å². The second-order valence-corrected chi connectivity index (χ2v) is 8.67. The molecule has 1 aliphatic heterocycles. The Morgan fingerprint density at radius 1 is 1.09 bits per heavy atom. The lowest BCUT2D eigenvalue weighted by molar-refractivity contribution is 0.0734. The van der Waals surface area contributed by atoms with Crippen LogP contribution in [0.15, 0.2) is 78.2 Å². The zero-order valence-corrected chi connectivity index (χ0v) is 19.5. The molecular formula is C27H23ClN2O4. The molecule has 1 unspecified atom stereocenters. The number of halogens is 1. The van der Waals surface area contributed by atoms with E-state index < -0.39 is 11.9 Å². The number of fused-ring (bicyclic) bond motifs is 1. The fourth-order valence-electron chi connectivity index (χ4n) is 3.64. The molecular weight excluding hydrogens is 452 g/mol. The number of hydrogen-bond acceptors (Lipinski definition) is 6. The number of hydrogen-bond donors (Lipinski definition) is 1. The van der Waals surface area contributed by atoms with Crippen LogP contribution in [0.1, 0.15) is 41.3 Å². The molecule has 0 saturated carbocycles. The van der Waals surface area contributed by atoms with Crippen LogP contribution in [-0.4, -0.2) is 12.6 Å². The Labute approximate surface area is 203 Å². The van der Waals surface area contributed by atoms with Crippen molar-refractivity contribution in [3.05, 3.63) is 99.9 Å². The van der Waals surface area contributed by atoms with Gasteiger partial charge < -0.3 is 19.9 Å². The molecule has 2 N–H and O–H groups in total. The van der Waals surface area contributed by atoms with Gasteiger partial charge in [0.2, 0.25) is 5.88 Å². The van der Waals surface area contributed by atoms with Crippen molar-refractivity contribution in [1.29, 1.82) is 5.26 Å². The molecule has 0 bridgehead atoms. The fraction of sp³-hybridized carbons (Fsp3) is 0.185. The van der Waals surface area contributed by atoms with E-state index in [-0.39, 0.29) is 17.2 Å². The number of nitriles is 1. The number of carbonyl (C=O) groups is 1. The second kappa shape index (κ2) is 9.90. The normalized spacial score (nSPS) is 14.7. The van der Waals surface area contributed by atoms with Crippen molar-refractivity contribution in [3.8, 4) is 23.3 Å². The van der Waals surface area contributed by atoms with E-state index >= 15 is 0 Å². The molecule has 1 atom stereocenters. The Hall–Kier alpha value is -3.95. The van der Waals surface area contributed by atoms with Gasteiger partial charge in [0.15, 0.2) is 0 Å². The first-order chi connectivity index (χ1) is 16.4. The van der Waals surface area contributed by atoms with E-state index in [2.05, 4.69) is 19.9 Å². The molecule has 4 rings (SSSR count). The van der Waals surface area contributed by atoms with Crippen LogP contribution in [0.4, 0.5) is 0 Å². The zero-order chi connectivity index (χ0) is 24.2. The SMILES string of the molecule is CC(C)COc1ccc(C(=O)Oc2ccc3c(c2)OC(N)=C(C#N)C3c2ccccc2Cl)cc1. The summed E-state index contributed by atoms with van der Waals surface area (Å²) in [6.45, 7) is 4.73. The molecule has 0 saturated heterocycles. The number of allylic oxidation sites excluding steroid dienone is 1. The van der Waals surface area contributed by atoms with Gasteiger partial charge in [0.05, 0.1) is 18.1 Å². The maximum Gasteiger partial charge on any atom is 0.343 e. The third kappa shape index (κ3) is 4.85. The third-order valence-corrected chi connectivity index (χ3v) is 5.63. The summed E-state index contributed by atoms with van der Waals surface area (Å²) in [5.41, 5.74) is 8.14. The van der Waals surface area contributed by atoms with Gasteiger partial charge in [0, 0.05) is 16.7 Å². The topological polar surface area (TPSA) is 94.6 Å². The van der Waals surface area contributed by atoms with Crippen LogP contribution >= 0.6 is 11.6 Å². The van der Waals surface area contributed by atoms with E-state index in [1.54, 1.807) is 48.5 Å². The van der Waals surface area contributed by atoms with E-state index in [1.165, 1.54) is 0 Å². The quantitative estimate of drug-likeness (QED) is 0.357. The summed E-state index contributed by atoms with van der Waals surface area (Å²) in [5, 5.41) is 10.2. The summed E-state index contributed by atoms with van der Waals surface area (Å²) >= 11 is 6.42. The van der Waals surface area contributed by atoms with Crippen LogP contribution < -0.4 is 19.9 Å². The van der Waals surface area contributed by atoms with Crippen molar-refractivity contribution in [2.24, 2.45) is 11.7 Å². The maximum atomic E-state index is 12.7. The van der Waals surface area contributed by atoms with Crippen LogP contribution in [-0.2, 0) is 0 Å². The molecule has 1 aliphatic rings. The number of ether oxygens (including phenoxy) is 3. The van der Waals surface area contributed by atoms with Crippen molar-refractivity contribution in [3.63, 3.8) is 0 Å². The number of rotatable bonds is 6. The molecule has 6 nitrogen and oxygen atoms in total. The zero-order valence-electron chi connectivity index (χ0n) is 18.7. The van der Waals surface area contributed by atoms with Crippen LogP contribution in [0.5, 0.6) is 17.2 Å². The monoisotopic (exact) mass is 474 g/mol. The number of nitrogens with zero attached hydrogens (tertiary/aromatic N) is 1. The van der Waals surface area contributed by atoms with Gasteiger partial charge in [0.1, 0.15) is 28.9 Å². The van der Waals surface area contributed by atoms with Gasteiger partial charge in [-0.25, -0.2) is 4.79 Å². The first-order valence-corrected chi connectivity index (χ1v) is 11.2. The molecule has 0 aliphatic carbocycles. The number of benzene rings is 3. The fourth-order valence-corrected chi connectivity index (χ4v) is 3.89. The Balaban J connectivity index is 1.58. The molecule has 0 fully saturated rings. The summed E-state index contributed by atoms with van der Waals surface area (Å²) in [5.74, 6) is 0.746. The highest BCUT2D eigenvalue weighted by Crippen LogP contribution is 2.45. The summed E-state index contributed by atoms with van der Waals surface area (Å²) in [7, 11) is 0. The molecule has 3 aromatic rings. The predicted octanol–water partition coefficient (Wildman–Crippen LogP) is 5.81. The first-order valence-electron chi connectivity index (χ1n) is 10.8.